The van der Waals surface area contributed by atoms with Crippen LogP contribution in [-0.4, -0.2) is 41.0 Å². The Morgan fingerprint density at radius 1 is 1.13 bits per heavy atom. The van der Waals surface area contributed by atoms with Crippen molar-refractivity contribution in [3.63, 3.8) is 0 Å². The smallest absolute Gasteiger partial charge is 0.350 e. The summed E-state index contributed by atoms with van der Waals surface area (Å²) in [5.41, 5.74) is 0.840. The van der Waals surface area contributed by atoms with Crippen LogP contribution in [0.25, 0.3) is 5.76 Å². The summed E-state index contributed by atoms with van der Waals surface area (Å²) >= 11 is 0.904. The molecule has 10 heteroatoms. The molecule has 0 radical (unpaired) electrons. The van der Waals surface area contributed by atoms with Gasteiger partial charge in [0.2, 0.25) is 0 Å². The van der Waals surface area contributed by atoms with Crippen molar-refractivity contribution in [1.29, 1.82) is 0 Å². The van der Waals surface area contributed by atoms with Crippen LogP contribution in [0, 0.1) is 18.7 Å². The van der Waals surface area contributed by atoms with E-state index in [4.69, 9.17) is 9.47 Å². The number of ether oxygens (including phenoxy) is 2. The highest BCUT2D eigenvalue weighted by molar-refractivity contribution is 7.17. The van der Waals surface area contributed by atoms with E-state index in [9.17, 15) is 23.9 Å². The SMILES string of the molecule is CCOC(=O)c1sc(N2C(=O)C(=O)/C(=C(/O)c3ccc(OCC(C)C)cc3)C2c2ccc(F)cc2)nc1C. The second kappa shape index (κ2) is 11.1. The van der Waals surface area contributed by atoms with Crippen molar-refractivity contribution in [1.82, 2.24) is 4.98 Å². The maximum absolute atomic E-state index is 13.8. The molecular formula is C28H27FN2O6S. The van der Waals surface area contributed by atoms with Crippen molar-refractivity contribution < 1.29 is 33.4 Å². The van der Waals surface area contributed by atoms with Gasteiger partial charge in [-0.25, -0.2) is 14.2 Å². The van der Waals surface area contributed by atoms with Crippen molar-refractivity contribution in [2.45, 2.75) is 33.7 Å². The maximum Gasteiger partial charge on any atom is 0.350 e. The number of rotatable bonds is 8. The van der Waals surface area contributed by atoms with Crippen LogP contribution in [-0.2, 0) is 14.3 Å². The molecule has 0 spiro atoms. The summed E-state index contributed by atoms with van der Waals surface area (Å²) in [6.45, 7) is 7.99. The molecule has 1 aliphatic heterocycles. The number of benzene rings is 2. The summed E-state index contributed by atoms with van der Waals surface area (Å²) in [6.07, 6.45) is 0. The zero-order valence-electron chi connectivity index (χ0n) is 21.4. The van der Waals surface area contributed by atoms with E-state index in [2.05, 4.69) is 4.98 Å². The molecule has 38 heavy (non-hydrogen) atoms. The van der Waals surface area contributed by atoms with E-state index in [-0.39, 0.29) is 22.2 Å². The minimum Gasteiger partial charge on any atom is -0.507 e. The molecule has 2 heterocycles. The highest BCUT2D eigenvalue weighted by Crippen LogP contribution is 2.44. The van der Waals surface area contributed by atoms with Crippen molar-refractivity contribution >= 4 is 39.9 Å². The molecule has 2 aromatic carbocycles. The number of Topliss-reactive ketones (excluding diaryl/α,β-unsaturated/α-hetero) is 1. The van der Waals surface area contributed by atoms with Crippen LogP contribution in [0.1, 0.15) is 53.3 Å². The predicted octanol–water partition coefficient (Wildman–Crippen LogP) is 5.43. The van der Waals surface area contributed by atoms with Gasteiger partial charge in [-0.15, -0.1) is 0 Å². The van der Waals surface area contributed by atoms with Gasteiger partial charge >= 0.3 is 11.9 Å². The topological polar surface area (TPSA) is 106 Å². The lowest BCUT2D eigenvalue weighted by Crippen LogP contribution is -2.29. The monoisotopic (exact) mass is 538 g/mol. The first kappa shape index (κ1) is 27.0. The molecule has 1 N–H and O–H groups in total. The van der Waals surface area contributed by atoms with E-state index in [1.54, 1.807) is 38.1 Å². The number of ketones is 1. The van der Waals surface area contributed by atoms with Gasteiger partial charge in [0.05, 0.1) is 30.5 Å². The Morgan fingerprint density at radius 2 is 1.79 bits per heavy atom. The number of halogens is 1. The minimum absolute atomic E-state index is 0.0819. The lowest BCUT2D eigenvalue weighted by molar-refractivity contribution is -0.132. The second-order valence-corrected chi connectivity index (χ2v) is 10.1. The summed E-state index contributed by atoms with van der Waals surface area (Å²) in [5.74, 6) is -2.43. The Bertz CT molecular complexity index is 1400. The first-order valence-corrected chi connectivity index (χ1v) is 12.9. The molecule has 1 fully saturated rings. The molecule has 1 atom stereocenters. The third kappa shape index (κ3) is 5.31. The molecule has 1 aliphatic rings. The van der Waals surface area contributed by atoms with Crippen LogP contribution in [0.5, 0.6) is 5.75 Å². The highest BCUT2D eigenvalue weighted by atomic mass is 32.1. The Balaban J connectivity index is 1.81. The lowest BCUT2D eigenvalue weighted by Gasteiger charge is -2.23. The fraction of sp³-hybridized carbons (Fsp3) is 0.286. The molecule has 1 aromatic heterocycles. The van der Waals surface area contributed by atoms with Crippen LogP contribution in [0.4, 0.5) is 9.52 Å². The minimum atomic E-state index is -1.10. The van der Waals surface area contributed by atoms with Gasteiger partial charge in [0.1, 0.15) is 22.2 Å². The summed E-state index contributed by atoms with van der Waals surface area (Å²) in [5, 5.41) is 11.3. The molecular weight excluding hydrogens is 511 g/mol. The first-order valence-electron chi connectivity index (χ1n) is 12.1. The molecule has 4 rings (SSSR count). The normalized spacial score (nSPS) is 16.8. The Hall–Kier alpha value is -4.05. The molecule has 1 saturated heterocycles. The fourth-order valence-corrected chi connectivity index (χ4v) is 4.98. The Labute approximate surface area is 223 Å². The summed E-state index contributed by atoms with van der Waals surface area (Å²) in [7, 11) is 0. The standard InChI is InChI=1S/C28H27FN2O6S/c1-5-36-27(35)25-16(4)30-28(38-25)31-22(17-6-10-19(29)11-7-17)21(24(33)26(31)34)23(32)18-8-12-20(13-9-18)37-14-15(2)3/h6-13,15,22,32H,5,14H2,1-4H3/b23-21+. The third-order valence-corrected chi connectivity index (χ3v) is 6.93. The van der Waals surface area contributed by atoms with Crippen molar-refractivity contribution in [3.05, 3.63) is 81.6 Å². The molecule has 1 amide bonds. The van der Waals surface area contributed by atoms with Gasteiger partial charge in [-0.05, 0) is 61.7 Å². The average molecular weight is 539 g/mol. The summed E-state index contributed by atoms with van der Waals surface area (Å²) in [4.78, 5) is 44.7. The Kier molecular flexibility index (Phi) is 7.91. The van der Waals surface area contributed by atoms with Gasteiger partial charge in [0.25, 0.3) is 5.78 Å². The Morgan fingerprint density at radius 3 is 2.39 bits per heavy atom. The number of nitrogens with zero attached hydrogens (tertiary/aromatic N) is 2. The number of aryl methyl sites for hydroxylation is 1. The van der Waals surface area contributed by atoms with Crippen molar-refractivity contribution in [3.8, 4) is 5.75 Å². The average Bonchev–Trinajstić information content (AvgIpc) is 3.40. The molecule has 8 nitrogen and oxygen atoms in total. The van der Waals surface area contributed by atoms with Gasteiger partial charge in [0.15, 0.2) is 5.13 Å². The van der Waals surface area contributed by atoms with Crippen LogP contribution in [0.2, 0.25) is 0 Å². The molecule has 1 unspecified atom stereocenters. The second-order valence-electron chi connectivity index (χ2n) is 9.08. The molecule has 0 aliphatic carbocycles. The van der Waals surface area contributed by atoms with Gasteiger partial charge in [-0.3, -0.25) is 14.5 Å². The number of esters is 1. The van der Waals surface area contributed by atoms with Gasteiger partial charge in [-0.1, -0.05) is 37.3 Å². The van der Waals surface area contributed by atoms with Crippen molar-refractivity contribution in [2.75, 3.05) is 18.1 Å². The maximum atomic E-state index is 13.8. The number of anilines is 1. The van der Waals surface area contributed by atoms with E-state index in [1.165, 1.54) is 24.3 Å². The number of aliphatic hydroxyl groups excluding tert-OH is 1. The zero-order chi connectivity index (χ0) is 27.6. The molecule has 3 aromatic rings. The fourth-order valence-electron chi connectivity index (χ4n) is 3.99. The lowest BCUT2D eigenvalue weighted by atomic mass is 9.95. The van der Waals surface area contributed by atoms with Crippen LogP contribution < -0.4 is 9.64 Å². The van der Waals surface area contributed by atoms with Gasteiger partial charge in [-0.2, -0.15) is 0 Å². The summed E-state index contributed by atoms with van der Waals surface area (Å²) in [6, 6.07) is 10.7. The van der Waals surface area contributed by atoms with Gasteiger partial charge in [0, 0.05) is 5.56 Å². The van der Waals surface area contributed by atoms with E-state index < -0.39 is 35.3 Å². The van der Waals surface area contributed by atoms with Crippen LogP contribution in [0.15, 0.2) is 54.1 Å². The van der Waals surface area contributed by atoms with E-state index >= 15 is 0 Å². The number of hydrogen-bond donors (Lipinski definition) is 1. The third-order valence-electron chi connectivity index (χ3n) is 5.79. The number of aromatic nitrogens is 1. The van der Waals surface area contributed by atoms with Crippen LogP contribution in [0.3, 0.4) is 0 Å². The first-order chi connectivity index (χ1) is 18.1. The number of amides is 1. The molecule has 0 bridgehead atoms. The summed E-state index contributed by atoms with van der Waals surface area (Å²) < 4.78 is 24.5. The highest BCUT2D eigenvalue weighted by Gasteiger charge is 2.48. The van der Waals surface area contributed by atoms with E-state index in [0.29, 0.717) is 35.1 Å². The number of carbonyl (C=O) groups is 3. The van der Waals surface area contributed by atoms with Crippen molar-refractivity contribution in [2.24, 2.45) is 5.92 Å². The number of aliphatic hydroxyl groups is 1. The van der Waals surface area contributed by atoms with Gasteiger partial charge < -0.3 is 14.6 Å². The molecule has 198 valence electrons. The number of hydrogen-bond acceptors (Lipinski definition) is 8. The zero-order valence-corrected chi connectivity index (χ0v) is 22.2. The largest absolute Gasteiger partial charge is 0.507 e. The van der Waals surface area contributed by atoms with E-state index in [0.717, 1.165) is 16.2 Å². The predicted molar refractivity (Wildman–Crippen MR) is 141 cm³/mol. The molecule has 0 saturated carbocycles. The quantitative estimate of drug-likeness (QED) is 0.176. The number of carbonyl (C=O) groups excluding carboxylic acids is 3. The number of thiazole rings is 1. The van der Waals surface area contributed by atoms with E-state index in [1.807, 2.05) is 13.8 Å². The van der Waals surface area contributed by atoms with Crippen LogP contribution >= 0.6 is 11.3 Å².